The van der Waals surface area contributed by atoms with E-state index in [9.17, 15) is 0 Å². The molecular weight excluding hydrogens is 377 g/mol. The van der Waals surface area contributed by atoms with Crippen LogP contribution < -0.4 is 5.73 Å². The lowest BCUT2D eigenvalue weighted by Gasteiger charge is -2.32. The van der Waals surface area contributed by atoms with E-state index in [-0.39, 0.29) is 5.92 Å². The number of nitrogens with one attached hydrogen (secondary N) is 1. The minimum absolute atomic E-state index is 0.280. The van der Waals surface area contributed by atoms with Crippen LogP contribution in [0.4, 0.5) is 0 Å². The Hall–Kier alpha value is -1.55. The van der Waals surface area contributed by atoms with Crippen LogP contribution in [0.1, 0.15) is 36.8 Å². The number of hydrogen-bond donors (Lipinski definition) is 2. The summed E-state index contributed by atoms with van der Waals surface area (Å²) >= 11 is 12.1. The molecule has 5 heteroatoms. The highest BCUT2D eigenvalue weighted by Crippen LogP contribution is 2.30. The van der Waals surface area contributed by atoms with Gasteiger partial charge in [0.2, 0.25) is 0 Å². The first-order chi connectivity index (χ1) is 13.0. The van der Waals surface area contributed by atoms with Gasteiger partial charge in [0.15, 0.2) is 0 Å². The Bertz CT molecular complexity index is 688. The minimum atomic E-state index is 0.280. The first kappa shape index (κ1) is 20.2. The van der Waals surface area contributed by atoms with Gasteiger partial charge in [0.25, 0.3) is 0 Å². The molecule has 0 aliphatic heterocycles. The zero-order valence-corrected chi connectivity index (χ0v) is 17.0. The van der Waals surface area contributed by atoms with Gasteiger partial charge in [0.1, 0.15) is 0 Å². The molecule has 0 atom stereocenters. The van der Waals surface area contributed by atoms with Gasteiger partial charge in [-0.3, -0.25) is 10.3 Å². The van der Waals surface area contributed by atoms with Crippen molar-refractivity contribution < 1.29 is 0 Å². The predicted octanol–water partition coefficient (Wildman–Crippen LogP) is 5.74. The molecule has 3 N–H and O–H groups in total. The second-order valence-electron chi connectivity index (χ2n) is 7.60. The number of halogens is 2. The van der Waals surface area contributed by atoms with Gasteiger partial charge in [0, 0.05) is 35.6 Å². The van der Waals surface area contributed by atoms with Gasteiger partial charge in [-0.15, -0.1) is 0 Å². The van der Waals surface area contributed by atoms with Gasteiger partial charge in [-0.1, -0.05) is 47.5 Å². The third kappa shape index (κ3) is 6.24. The lowest BCUT2D eigenvalue weighted by Crippen LogP contribution is -2.33. The zero-order valence-electron chi connectivity index (χ0n) is 15.5. The maximum absolute atomic E-state index is 7.67. The van der Waals surface area contributed by atoms with Crippen LogP contribution in [-0.4, -0.2) is 17.3 Å². The third-order valence-corrected chi connectivity index (χ3v) is 5.95. The van der Waals surface area contributed by atoms with Gasteiger partial charge >= 0.3 is 0 Å². The van der Waals surface area contributed by atoms with E-state index in [1.165, 1.54) is 11.1 Å². The summed E-state index contributed by atoms with van der Waals surface area (Å²) in [4.78, 5) is 2.51. The Labute approximate surface area is 172 Å². The van der Waals surface area contributed by atoms with Gasteiger partial charge in [-0.25, -0.2) is 0 Å². The molecule has 0 unspecified atom stereocenters. The molecule has 3 rings (SSSR count). The zero-order chi connectivity index (χ0) is 19.2. The van der Waals surface area contributed by atoms with Crippen LogP contribution in [0, 0.1) is 17.2 Å². The highest BCUT2D eigenvalue weighted by Gasteiger charge is 2.24. The number of amidine groups is 1. The van der Waals surface area contributed by atoms with Crippen molar-refractivity contribution >= 4 is 29.0 Å². The highest BCUT2D eigenvalue weighted by atomic mass is 35.5. The Morgan fingerprint density at radius 3 is 1.70 bits per heavy atom. The monoisotopic (exact) mass is 403 g/mol. The highest BCUT2D eigenvalue weighted by molar-refractivity contribution is 6.30. The van der Waals surface area contributed by atoms with E-state index in [1.807, 2.05) is 24.3 Å². The molecule has 1 fully saturated rings. The van der Waals surface area contributed by atoms with Crippen LogP contribution in [0.15, 0.2) is 48.5 Å². The van der Waals surface area contributed by atoms with E-state index in [0.29, 0.717) is 11.8 Å². The molecule has 1 saturated carbocycles. The van der Waals surface area contributed by atoms with Crippen molar-refractivity contribution in [3.05, 3.63) is 69.7 Å². The molecule has 0 saturated heterocycles. The topological polar surface area (TPSA) is 53.1 Å². The first-order valence-electron chi connectivity index (χ1n) is 9.55. The van der Waals surface area contributed by atoms with Crippen LogP contribution in [0.5, 0.6) is 0 Å². The SMILES string of the molecule is N=C(N)C1CCC(CN(Cc2ccc(Cl)cc2)Cc2ccc(Cl)cc2)CC1. The molecule has 0 radical (unpaired) electrons. The van der Waals surface area contributed by atoms with Gasteiger partial charge in [-0.05, 0) is 67.0 Å². The van der Waals surface area contributed by atoms with Crippen molar-refractivity contribution in [2.75, 3.05) is 6.54 Å². The molecule has 0 amide bonds. The van der Waals surface area contributed by atoms with Crippen molar-refractivity contribution in [2.24, 2.45) is 17.6 Å². The summed E-state index contributed by atoms with van der Waals surface area (Å²) in [7, 11) is 0. The Balaban J connectivity index is 1.66. The van der Waals surface area contributed by atoms with E-state index < -0.39 is 0 Å². The van der Waals surface area contributed by atoms with Crippen molar-refractivity contribution in [2.45, 2.75) is 38.8 Å². The van der Waals surface area contributed by atoms with Crippen molar-refractivity contribution in [1.29, 1.82) is 5.41 Å². The summed E-state index contributed by atoms with van der Waals surface area (Å²) in [5, 5.41) is 9.21. The standard InChI is InChI=1S/C22H27Cl2N3/c23-20-9-3-17(4-10-20)14-27(15-18-5-11-21(24)12-6-18)13-16-1-7-19(8-2-16)22(25)26/h3-6,9-12,16,19H,1-2,7-8,13-15H2,(H3,25,26). The van der Waals surface area contributed by atoms with Crippen LogP contribution in [-0.2, 0) is 13.1 Å². The lowest BCUT2D eigenvalue weighted by molar-refractivity contribution is 0.179. The summed E-state index contributed by atoms with van der Waals surface area (Å²) in [5.74, 6) is 1.29. The fraction of sp³-hybridized carbons (Fsp3) is 0.409. The average Bonchev–Trinajstić information content (AvgIpc) is 2.66. The summed E-state index contributed by atoms with van der Waals surface area (Å²) in [6.07, 6.45) is 4.36. The van der Waals surface area contributed by atoms with Gasteiger partial charge in [-0.2, -0.15) is 0 Å². The Morgan fingerprint density at radius 1 is 0.852 bits per heavy atom. The van der Waals surface area contributed by atoms with Crippen molar-refractivity contribution in [1.82, 2.24) is 4.90 Å². The number of benzene rings is 2. The summed E-state index contributed by atoms with van der Waals surface area (Å²) in [6.45, 7) is 2.84. The minimum Gasteiger partial charge on any atom is -0.387 e. The second kappa shape index (κ2) is 9.59. The number of nitrogens with zero attached hydrogens (tertiary/aromatic N) is 1. The first-order valence-corrected chi connectivity index (χ1v) is 10.3. The third-order valence-electron chi connectivity index (χ3n) is 5.44. The molecule has 0 heterocycles. The van der Waals surface area contributed by atoms with Crippen LogP contribution >= 0.6 is 23.2 Å². The van der Waals surface area contributed by atoms with E-state index in [1.54, 1.807) is 0 Å². The van der Waals surface area contributed by atoms with E-state index in [4.69, 9.17) is 34.3 Å². The molecular formula is C22H27Cl2N3. The molecule has 0 aromatic heterocycles. The summed E-state index contributed by atoms with van der Waals surface area (Å²) in [6, 6.07) is 16.2. The molecule has 144 valence electrons. The maximum atomic E-state index is 7.67. The average molecular weight is 404 g/mol. The molecule has 2 aromatic rings. The molecule has 0 bridgehead atoms. The lowest BCUT2D eigenvalue weighted by atomic mass is 9.81. The Morgan fingerprint density at radius 2 is 1.30 bits per heavy atom. The smallest absolute Gasteiger partial charge is 0.0936 e. The summed E-state index contributed by atoms with van der Waals surface area (Å²) in [5.41, 5.74) is 8.23. The Kier molecular flexibility index (Phi) is 7.17. The number of nitrogens with two attached hydrogens (primary N) is 1. The van der Waals surface area contributed by atoms with E-state index in [0.717, 1.165) is 55.4 Å². The number of rotatable bonds is 7. The van der Waals surface area contributed by atoms with Gasteiger partial charge < -0.3 is 5.73 Å². The van der Waals surface area contributed by atoms with Crippen LogP contribution in [0.3, 0.4) is 0 Å². The van der Waals surface area contributed by atoms with Gasteiger partial charge in [0.05, 0.1) is 5.84 Å². The van der Waals surface area contributed by atoms with Crippen LogP contribution in [0.2, 0.25) is 10.0 Å². The second-order valence-corrected chi connectivity index (χ2v) is 8.47. The number of hydrogen-bond acceptors (Lipinski definition) is 2. The molecule has 2 aromatic carbocycles. The molecule has 1 aliphatic rings. The molecule has 0 spiro atoms. The molecule has 3 nitrogen and oxygen atoms in total. The molecule has 27 heavy (non-hydrogen) atoms. The quantitative estimate of drug-likeness (QED) is 0.457. The van der Waals surface area contributed by atoms with E-state index >= 15 is 0 Å². The fourth-order valence-corrected chi connectivity index (χ4v) is 4.15. The van der Waals surface area contributed by atoms with Crippen LogP contribution in [0.25, 0.3) is 0 Å². The fourth-order valence-electron chi connectivity index (χ4n) is 3.90. The van der Waals surface area contributed by atoms with Crippen molar-refractivity contribution in [3.8, 4) is 0 Å². The largest absolute Gasteiger partial charge is 0.387 e. The normalized spacial score (nSPS) is 20.0. The molecule has 1 aliphatic carbocycles. The summed E-state index contributed by atoms with van der Waals surface area (Å²) < 4.78 is 0. The predicted molar refractivity (Wildman–Crippen MR) is 114 cm³/mol. The van der Waals surface area contributed by atoms with E-state index in [2.05, 4.69) is 29.2 Å². The van der Waals surface area contributed by atoms with Crippen molar-refractivity contribution in [3.63, 3.8) is 0 Å². The maximum Gasteiger partial charge on any atom is 0.0936 e.